The summed E-state index contributed by atoms with van der Waals surface area (Å²) < 4.78 is 0. The largest absolute Gasteiger partial charge is 0.351 e. The first kappa shape index (κ1) is 18.7. The van der Waals surface area contributed by atoms with Gasteiger partial charge in [-0.3, -0.25) is 4.79 Å². The highest BCUT2D eigenvalue weighted by Gasteiger charge is 2.51. The molecule has 2 atom stereocenters. The molecule has 0 radical (unpaired) electrons. The van der Waals surface area contributed by atoms with Crippen molar-refractivity contribution in [2.24, 2.45) is 23.7 Å². The molecule has 6 fully saturated rings. The standard InChI is InChI=1S/C23H37N3O2/c27-21(25-23-13-16-10-17(14-23)12-18(11-16)15-23)7-8-24-22(28)26-9-3-5-19-4-1-2-6-20(19)26/h16-20H,1-15H2,(H,24,28)(H,25,27). The van der Waals surface area contributed by atoms with Gasteiger partial charge in [0.25, 0.3) is 0 Å². The first-order valence-electron chi connectivity index (χ1n) is 12.0. The minimum absolute atomic E-state index is 0.0548. The van der Waals surface area contributed by atoms with Crippen LogP contribution in [0.5, 0.6) is 0 Å². The molecule has 5 heteroatoms. The molecule has 1 heterocycles. The van der Waals surface area contributed by atoms with Crippen LogP contribution >= 0.6 is 0 Å². The first-order valence-corrected chi connectivity index (χ1v) is 12.0. The molecule has 1 saturated heterocycles. The lowest BCUT2D eigenvalue weighted by molar-refractivity contribution is -0.126. The number of amides is 3. The molecule has 2 N–H and O–H groups in total. The number of urea groups is 1. The third-order valence-corrected chi connectivity index (χ3v) is 8.58. The van der Waals surface area contributed by atoms with Crippen molar-refractivity contribution >= 4 is 11.9 Å². The molecule has 0 aromatic carbocycles. The summed E-state index contributed by atoms with van der Waals surface area (Å²) >= 11 is 0. The van der Waals surface area contributed by atoms with Gasteiger partial charge in [-0.1, -0.05) is 12.8 Å². The number of piperidine rings is 1. The van der Waals surface area contributed by atoms with Crippen LogP contribution in [0.4, 0.5) is 4.79 Å². The summed E-state index contributed by atoms with van der Waals surface area (Å²) in [7, 11) is 0. The van der Waals surface area contributed by atoms with Gasteiger partial charge in [0.1, 0.15) is 0 Å². The maximum atomic E-state index is 12.7. The van der Waals surface area contributed by atoms with Crippen LogP contribution in [0, 0.1) is 23.7 Å². The van der Waals surface area contributed by atoms with Crippen molar-refractivity contribution in [1.82, 2.24) is 15.5 Å². The van der Waals surface area contributed by atoms with E-state index in [4.69, 9.17) is 0 Å². The minimum Gasteiger partial charge on any atom is -0.351 e. The molecule has 5 aliphatic carbocycles. The number of hydrogen-bond donors (Lipinski definition) is 2. The van der Waals surface area contributed by atoms with Gasteiger partial charge in [0.05, 0.1) is 0 Å². The molecular weight excluding hydrogens is 350 g/mol. The predicted molar refractivity (Wildman–Crippen MR) is 109 cm³/mol. The number of carbonyl (C=O) groups is 2. The third-order valence-electron chi connectivity index (χ3n) is 8.58. The monoisotopic (exact) mass is 387 g/mol. The molecule has 0 spiro atoms. The highest BCUT2D eigenvalue weighted by molar-refractivity contribution is 5.79. The van der Waals surface area contributed by atoms with Crippen LogP contribution in [-0.2, 0) is 4.79 Å². The first-order chi connectivity index (χ1) is 13.6. The van der Waals surface area contributed by atoms with Crippen LogP contribution in [-0.4, -0.2) is 41.5 Å². The molecule has 2 unspecified atom stereocenters. The predicted octanol–water partition coefficient (Wildman–Crippen LogP) is 3.83. The second-order valence-corrected chi connectivity index (χ2v) is 10.7. The number of rotatable bonds is 4. The van der Waals surface area contributed by atoms with Crippen LogP contribution < -0.4 is 10.6 Å². The molecule has 1 aliphatic heterocycles. The Labute approximate surface area is 169 Å². The Morgan fingerprint density at radius 1 is 0.893 bits per heavy atom. The van der Waals surface area contributed by atoms with E-state index < -0.39 is 0 Å². The van der Waals surface area contributed by atoms with Crippen molar-refractivity contribution in [1.29, 1.82) is 0 Å². The lowest BCUT2D eigenvalue weighted by atomic mass is 9.53. The van der Waals surface area contributed by atoms with E-state index in [1.165, 1.54) is 64.2 Å². The van der Waals surface area contributed by atoms with Crippen LogP contribution in [0.3, 0.4) is 0 Å². The summed E-state index contributed by atoms with van der Waals surface area (Å²) in [5.74, 6) is 3.36. The van der Waals surface area contributed by atoms with Gasteiger partial charge in [-0.15, -0.1) is 0 Å². The van der Waals surface area contributed by atoms with E-state index in [1.807, 2.05) is 0 Å². The topological polar surface area (TPSA) is 61.4 Å². The van der Waals surface area contributed by atoms with E-state index in [2.05, 4.69) is 15.5 Å². The van der Waals surface area contributed by atoms with E-state index >= 15 is 0 Å². The summed E-state index contributed by atoms with van der Waals surface area (Å²) in [5.41, 5.74) is 0.0814. The zero-order valence-corrected chi connectivity index (χ0v) is 17.3. The molecular formula is C23H37N3O2. The Balaban J connectivity index is 1.09. The van der Waals surface area contributed by atoms with E-state index in [-0.39, 0.29) is 17.5 Å². The van der Waals surface area contributed by atoms with Gasteiger partial charge in [-0.25, -0.2) is 4.79 Å². The Morgan fingerprint density at radius 3 is 2.25 bits per heavy atom. The fourth-order valence-corrected chi connectivity index (χ4v) is 7.88. The molecule has 5 nitrogen and oxygen atoms in total. The van der Waals surface area contributed by atoms with Crippen molar-refractivity contribution < 1.29 is 9.59 Å². The van der Waals surface area contributed by atoms with Crippen molar-refractivity contribution in [2.75, 3.05) is 13.1 Å². The van der Waals surface area contributed by atoms with E-state index in [0.29, 0.717) is 24.9 Å². The lowest BCUT2D eigenvalue weighted by Gasteiger charge is -2.56. The van der Waals surface area contributed by atoms with Crippen LogP contribution in [0.2, 0.25) is 0 Å². The Morgan fingerprint density at radius 2 is 1.54 bits per heavy atom. The van der Waals surface area contributed by atoms with Crippen LogP contribution in [0.1, 0.15) is 83.5 Å². The summed E-state index contributed by atoms with van der Waals surface area (Å²) in [6.45, 7) is 1.34. The number of likely N-dealkylation sites (tertiary alicyclic amines) is 1. The smallest absolute Gasteiger partial charge is 0.317 e. The number of fused-ring (bicyclic) bond motifs is 1. The Hall–Kier alpha value is -1.26. The van der Waals surface area contributed by atoms with Crippen LogP contribution in [0.15, 0.2) is 0 Å². The molecule has 5 saturated carbocycles. The van der Waals surface area contributed by atoms with Gasteiger partial charge in [0.15, 0.2) is 0 Å². The molecule has 28 heavy (non-hydrogen) atoms. The molecule has 4 bridgehead atoms. The fraction of sp³-hybridized carbons (Fsp3) is 0.913. The van der Waals surface area contributed by atoms with Gasteiger partial charge in [-0.2, -0.15) is 0 Å². The number of nitrogens with one attached hydrogen (secondary N) is 2. The quantitative estimate of drug-likeness (QED) is 0.770. The van der Waals surface area contributed by atoms with Gasteiger partial charge in [0.2, 0.25) is 5.91 Å². The van der Waals surface area contributed by atoms with E-state index in [0.717, 1.165) is 37.1 Å². The van der Waals surface area contributed by atoms with E-state index in [1.54, 1.807) is 0 Å². The highest BCUT2D eigenvalue weighted by atomic mass is 16.2. The van der Waals surface area contributed by atoms with Crippen molar-refractivity contribution in [3.8, 4) is 0 Å². The average Bonchev–Trinajstić information content (AvgIpc) is 2.66. The zero-order chi connectivity index (χ0) is 19.1. The Kier molecular flexibility index (Phi) is 5.04. The number of hydrogen-bond acceptors (Lipinski definition) is 2. The SMILES string of the molecule is O=C(CCNC(=O)N1CCCC2CCCCC21)NC12CC3CC(CC(C3)C1)C2. The normalized spacial score (nSPS) is 41.4. The number of nitrogens with zero attached hydrogens (tertiary/aromatic N) is 1. The van der Waals surface area contributed by atoms with Crippen molar-refractivity contribution in [3.05, 3.63) is 0 Å². The second-order valence-electron chi connectivity index (χ2n) is 10.7. The molecule has 0 aromatic rings. The summed E-state index contributed by atoms with van der Waals surface area (Å²) in [5, 5.41) is 6.47. The molecule has 0 aromatic heterocycles. The Bertz CT molecular complexity index is 582. The second kappa shape index (κ2) is 7.53. The highest BCUT2D eigenvalue weighted by Crippen LogP contribution is 2.55. The third kappa shape index (κ3) is 3.66. The number of carbonyl (C=O) groups excluding carboxylic acids is 2. The minimum atomic E-state index is 0.0548. The summed E-state index contributed by atoms with van der Waals surface area (Å²) in [4.78, 5) is 27.4. The fourth-order valence-electron chi connectivity index (χ4n) is 7.88. The lowest BCUT2D eigenvalue weighted by Crippen LogP contribution is -2.60. The molecule has 6 aliphatic rings. The van der Waals surface area contributed by atoms with Gasteiger partial charge < -0.3 is 15.5 Å². The van der Waals surface area contributed by atoms with Gasteiger partial charge in [0, 0.05) is 31.1 Å². The maximum absolute atomic E-state index is 12.7. The van der Waals surface area contributed by atoms with Gasteiger partial charge >= 0.3 is 6.03 Å². The maximum Gasteiger partial charge on any atom is 0.317 e. The molecule has 3 amide bonds. The summed E-state index contributed by atoms with van der Waals surface area (Å²) in [6, 6.07) is 0.488. The van der Waals surface area contributed by atoms with Gasteiger partial charge in [-0.05, 0) is 87.9 Å². The van der Waals surface area contributed by atoms with Crippen molar-refractivity contribution in [3.63, 3.8) is 0 Å². The summed E-state index contributed by atoms with van der Waals surface area (Å²) in [6.07, 6.45) is 15.6. The van der Waals surface area contributed by atoms with Crippen molar-refractivity contribution in [2.45, 2.75) is 95.1 Å². The zero-order valence-electron chi connectivity index (χ0n) is 17.3. The van der Waals surface area contributed by atoms with Crippen LogP contribution in [0.25, 0.3) is 0 Å². The van der Waals surface area contributed by atoms with E-state index in [9.17, 15) is 9.59 Å². The molecule has 156 valence electrons. The average molecular weight is 388 g/mol. The molecule has 6 rings (SSSR count).